The molecule has 0 radical (unpaired) electrons. The first-order valence-corrected chi connectivity index (χ1v) is 11.4. The molecule has 4 rings (SSSR count). The number of aryl methyl sites for hydroxylation is 1. The van der Waals surface area contributed by atoms with E-state index in [0.29, 0.717) is 18.1 Å². The minimum Gasteiger partial charge on any atom is -0.348 e. The summed E-state index contributed by atoms with van der Waals surface area (Å²) < 4.78 is 2.06. The van der Waals surface area contributed by atoms with Gasteiger partial charge in [0.2, 0.25) is 11.8 Å². The van der Waals surface area contributed by atoms with Crippen molar-refractivity contribution in [3.05, 3.63) is 71.4 Å². The summed E-state index contributed by atoms with van der Waals surface area (Å²) in [5.74, 6) is -0.168. The zero-order valence-corrected chi connectivity index (χ0v) is 19.3. The fraction of sp³-hybridized carbons (Fsp3) is 0.308. The molecule has 1 aromatic heterocycles. The first-order chi connectivity index (χ1) is 15.4. The van der Waals surface area contributed by atoms with Gasteiger partial charge in [0, 0.05) is 40.3 Å². The molecule has 1 N–H and O–H groups in total. The molecule has 1 aliphatic rings. The first-order valence-electron chi connectivity index (χ1n) is 11.0. The summed E-state index contributed by atoms with van der Waals surface area (Å²) in [6.07, 6.45) is 3.35. The highest BCUT2D eigenvalue weighted by Gasteiger charge is 2.30. The second-order valence-electron chi connectivity index (χ2n) is 8.33. The van der Waals surface area contributed by atoms with Crippen LogP contribution in [0.25, 0.3) is 22.0 Å². The number of rotatable bonds is 7. The molecule has 2 aromatic carbocycles. The highest BCUT2D eigenvalue weighted by molar-refractivity contribution is 6.31. The molecule has 0 unspecified atom stereocenters. The van der Waals surface area contributed by atoms with E-state index in [1.165, 1.54) is 17.2 Å². The van der Waals surface area contributed by atoms with Gasteiger partial charge in [-0.15, -0.1) is 0 Å². The molecule has 2 heterocycles. The maximum atomic E-state index is 12.9. The van der Waals surface area contributed by atoms with Crippen LogP contribution in [0, 0.1) is 6.92 Å². The summed E-state index contributed by atoms with van der Waals surface area (Å²) in [5.41, 5.74) is 5.64. The summed E-state index contributed by atoms with van der Waals surface area (Å²) in [5, 5.41) is 4.77. The third-order valence-electron chi connectivity index (χ3n) is 6.13. The Balaban J connectivity index is 1.65. The van der Waals surface area contributed by atoms with Crippen LogP contribution in [0.15, 0.2) is 55.1 Å². The van der Waals surface area contributed by atoms with Crippen LogP contribution < -0.4 is 5.32 Å². The van der Waals surface area contributed by atoms with Crippen molar-refractivity contribution in [2.75, 3.05) is 13.1 Å². The molecule has 5 nitrogen and oxygen atoms in total. The molecular formula is C26H28ClN3O2. The molecule has 2 amide bonds. The van der Waals surface area contributed by atoms with E-state index in [-0.39, 0.29) is 24.4 Å². The van der Waals surface area contributed by atoms with Crippen LogP contribution in [0.2, 0.25) is 5.02 Å². The maximum Gasteiger partial charge on any atom is 0.246 e. The Kier molecular flexibility index (Phi) is 6.38. The second kappa shape index (κ2) is 9.21. The molecular weight excluding hydrogens is 422 g/mol. The van der Waals surface area contributed by atoms with Crippen molar-refractivity contribution in [2.45, 2.75) is 39.3 Å². The van der Waals surface area contributed by atoms with Crippen LogP contribution >= 0.6 is 11.6 Å². The van der Waals surface area contributed by atoms with Gasteiger partial charge in [-0.05, 0) is 48.7 Å². The lowest BCUT2D eigenvalue weighted by Crippen LogP contribution is -2.61. The molecule has 0 saturated carbocycles. The average molecular weight is 450 g/mol. The lowest BCUT2D eigenvalue weighted by atomic mass is 9.95. The van der Waals surface area contributed by atoms with Crippen molar-refractivity contribution < 1.29 is 9.59 Å². The minimum absolute atomic E-state index is 0.0206. The SMILES string of the molecule is C=CC(=O)N1CC(NC(=O)Cn2c(C)c(-c3ccccc3CCC)c3cc(Cl)ccc32)C1. The molecule has 0 bridgehead atoms. The molecule has 0 spiro atoms. The van der Waals surface area contributed by atoms with Gasteiger partial charge >= 0.3 is 0 Å². The summed E-state index contributed by atoms with van der Waals surface area (Å²) in [4.78, 5) is 26.2. The normalized spacial score (nSPS) is 13.8. The van der Waals surface area contributed by atoms with Crippen molar-refractivity contribution in [3.8, 4) is 11.1 Å². The van der Waals surface area contributed by atoms with Crippen molar-refractivity contribution >= 4 is 34.3 Å². The van der Waals surface area contributed by atoms with Gasteiger partial charge in [-0.25, -0.2) is 0 Å². The Morgan fingerprint density at radius 3 is 2.69 bits per heavy atom. The summed E-state index contributed by atoms with van der Waals surface area (Å²) in [7, 11) is 0. The van der Waals surface area contributed by atoms with E-state index in [0.717, 1.165) is 35.0 Å². The fourth-order valence-corrected chi connectivity index (χ4v) is 4.72. The maximum absolute atomic E-state index is 12.9. The quantitative estimate of drug-likeness (QED) is 0.530. The van der Waals surface area contributed by atoms with Crippen LogP contribution in [0.1, 0.15) is 24.6 Å². The van der Waals surface area contributed by atoms with Crippen LogP contribution in [0.5, 0.6) is 0 Å². The Morgan fingerprint density at radius 2 is 1.97 bits per heavy atom. The Morgan fingerprint density at radius 1 is 1.22 bits per heavy atom. The summed E-state index contributed by atoms with van der Waals surface area (Å²) in [6.45, 7) is 9.00. The lowest BCUT2D eigenvalue weighted by molar-refractivity contribution is -0.133. The van der Waals surface area contributed by atoms with Crippen molar-refractivity contribution in [1.82, 2.24) is 14.8 Å². The molecule has 6 heteroatoms. The van der Waals surface area contributed by atoms with Gasteiger partial charge in [0.1, 0.15) is 6.54 Å². The number of carbonyl (C=O) groups is 2. The Labute approximate surface area is 193 Å². The number of likely N-dealkylation sites (tertiary alicyclic amines) is 1. The number of fused-ring (bicyclic) bond motifs is 1. The van der Waals surface area contributed by atoms with Gasteiger partial charge in [0.25, 0.3) is 0 Å². The van der Waals surface area contributed by atoms with Crippen LogP contribution in [0.3, 0.4) is 0 Å². The third kappa shape index (κ3) is 4.17. The number of hydrogen-bond donors (Lipinski definition) is 1. The topological polar surface area (TPSA) is 54.3 Å². The first kappa shape index (κ1) is 22.2. The predicted molar refractivity (Wildman–Crippen MR) is 130 cm³/mol. The summed E-state index contributed by atoms with van der Waals surface area (Å²) in [6, 6.07) is 14.3. The van der Waals surface area contributed by atoms with Gasteiger partial charge in [-0.3, -0.25) is 9.59 Å². The van der Waals surface area contributed by atoms with Gasteiger partial charge < -0.3 is 14.8 Å². The number of amides is 2. The van der Waals surface area contributed by atoms with E-state index in [9.17, 15) is 9.59 Å². The van der Waals surface area contributed by atoms with Gasteiger partial charge in [0.05, 0.1) is 6.04 Å². The molecule has 166 valence electrons. The highest BCUT2D eigenvalue weighted by atomic mass is 35.5. The smallest absolute Gasteiger partial charge is 0.246 e. The van der Waals surface area contributed by atoms with Crippen LogP contribution in [-0.4, -0.2) is 40.4 Å². The largest absolute Gasteiger partial charge is 0.348 e. The molecule has 1 saturated heterocycles. The van der Waals surface area contributed by atoms with E-state index < -0.39 is 0 Å². The predicted octanol–water partition coefficient (Wildman–Crippen LogP) is 4.74. The molecule has 1 fully saturated rings. The van der Waals surface area contributed by atoms with Gasteiger partial charge in [0.15, 0.2) is 0 Å². The van der Waals surface area contributed by atoms with E-state index in [2.05, 4.69) is 54.6 Å². The van der Waals surface area contributed by atoms with E-state index in [4.69, 9.17) is 11.6 Å². The Bertz CT molecular complexity index is 1190. The second-order valence-corrected chi connectivity index (χ2v) is 8.76. The van der Waals surface area contributed by atoms with Crippen molar-refractivity contribution in [2.24, 2.45) is 0 Å². The van der Waals surface area contributed by atoms with E-state index in [1.54, 1.807) is 4.90 Å². The van der Waals surface area contributed by atoms with Crippen LogP contribution in [0.4, 0.5) is 0 Å². The highest BCUT2D eigenvalue weighted by Crippen LogP contribution is 2.38. The summed E-state index contributed by atoms with van der Waals surface area (Å²) >= 11 is 6.37. The van der Waals surface area contributed by atoms with Crippen LogP contribution in [-0.2, 0) is 22.6 Å². The number of aromatic nitrogens is 1. The standard InChI is InChI=1S/C26H28ClN3O2/c1-4-8-18-9-6-7-10-21(18)26-17(3)30(23-12-11-19(27)13-22(23)26)16-24(31)28-20-14-29(15-20)25(32)5-2/h5-7,9-13,20H,2,4,8,14-16H2,1,3H3,(H,28,31). The number of halogens is 1. The average Bonchev–Trinajstić information content (AvgIpc) is 3.01. The Hall–Kier alpha value is -3.05. The monoisotopic (exact) mass is 449 g/mol. The van der Waals surface area contributed by atoms with Gasteiger partial charge in [-0.1, -0.05) is 55.8 Å². The fourth-order valence-electron chi connectivity index (χ4n) is 4.55. The van der Waals surface area contributed by atoms with E-state index >= 15 is 0 Å². The lowest BCUT2D eigenvalue weighted by Gasteiger charge is -2.38. The zero-order chi connectivity index (χ0) is 22.8. The number of hydrogen-bond acceptors (Lipinski definition) is 2. The number of nitrogens with zero attached hydrogens (tertiary/aromatic N) is 2. The molecule has 0 atom stereocenters. The third-order valence-corrected chi connectivity index (χ3v) is 6.36. The van der Waals surface area contributed by atoms with Crippen molar-refractivity contribution in [1.29, 1.82) is 0 Å². The van der Waals surface area contributed by atoms with Gasteiger partial charge in [-0.2, -0.15) is 0 Å². The zero-order valence-electron chi connectivity index (χ0n) is 18.5. The molecule has 0 aliphatic carbocycles. The molecule has 3 aromatic rings. The van der Waals surface area contributed by atoms with E-state index in [1.807, 2.05) is 18.2 Å². The minimum atomic E-state index is -0.102. The number of carbonyl (C=O) groups excluding carboxylic acids is 2. The number of benzene rings is 2. The molecule has 32 heavy (non-hydrogen) atoms. The van der Waals surface area contributed by atoms with Crippen molar-refractivity contribution in [3.63, 3.8) is 0 Å². The molecule has 1 aliphatic heterocycles. The number of nitrogens with one attached hydrogen (secondary N) is 1.